The van der Waals surface area contributed by atoms with Gasteiger partial charge in [-0.3, -0.25) is 4.72 Å². The number of benzene rings is 2. The second-order valence-corrected chi connectivity index (χ2v) is 9.34. The van der Waals surface area contributed by atoms with Gasteiger partial charge < -0.3 is 9.47 Å². The minimum Gasteiger partial charge on any atom is -0.493 e. The third kappa shape index (κ3) is 4.37. The van der Waals surface area contributed by atoms with Crippen LogP contribution in [0.5, 0.6) is 17.4 Å². The molecular weight excluding hydrogens is 442 g/mol. The average Bonchev–Trinajstić information content (AvgIpc) is 3.40. The fraction of sp³-hybridized carbons (Fsp3) is 0.174. The molecule has 33 heavy (non-hydrogen) atoms. The number of hydrogen-bond donors (Lipinski definition) is 1. The maximum absolute atomic E-state index is 12.8. The van der Waals surface area contributed by atoms with E-state index in [2.05, 4.69) is 19.8 Å². The molecule has 3 heterocycles. The Hall–Kier alpha value is -3.92. The number of hydrogen-bond acceptors (Lipinski definition) is 7. The summed E-state index contributed by atoms with van der Waals surface area (Å²) in [5.41, 5.74) is 3.15. The molecule has 9 nitrogen and oxygen atoms in total. The molecule has 5 rings (SSSR count). The van der Waals surface area contributed by atoms with Crippen LogP contribution in [0.2, 0.25) is 0 Å². The van der Waals surface area contributed by atoms with Crippen molar-refractivity contribution in [2.24, 2.45) is 0 Å². The molecule has 168 valence electrons. The molecule has 4 aromatic rings. The minimum absolute atomic E-state index is 0.199. The van der Waals surface area contributed by atoms with Gasteiger partial charge >= 0.3 is 0 Å². The number of aromatic nitrogens is 4. The lowest BCUT2D eigenvalue weighted by Crippen LogP contribution is -2.13. The van der Waals surface area contributed by atoms with Gasteiger partial charge in [0.25, 0.3) is 10.0 Å². The predicted octanol–water partition coefficient (Wildman–Crippen LogP) is 3.81. The van der Waals surface area contributed by atoms with E-state index in [1.807, 2.05) is 19.9 Å². The molecule has 0 bridgehead atoms. The van der Waals surface area contributed by atoms with Crippen molar-refractivity contribution in [1.82, 2.24) is 19.7 Å². The zero-order valence-corrected chi connectivity index (χ0v) is 18.8. The first-order valence-corrected chi connectivity index (χ1v) is 11.8. The van der Waals surface area contributed by atoms with Gasteiger partial charge in [0.1, 0.15) is 17.8 Å². The summed E-state index contributed by atoms with van der Waals surface area (Å²) < 4.78 is 41.1. The number of anilines is 1. The number of nitrogens with zero attached hydrogens (tertiary/aromatic N) is 4. The van der Waals surface area contributed by atoms with Crippen LogP contribution in [0.25, 0.3) is 5.82 Å². The summed E-state index contributed by atoms with van der Waals surface area (Å²) in [5, 5.41) is 4.42. The maximum atomic E-state index is 12.8. The second-order valence-electron chi connectivity index (χ2n) is 7.65. The SMILES string of the molecule is Cc1cc(C)n(-c2cc(Oc3ccc(NS(=O)(=O)c4ccc5c(c4)CCO5)cc3)ncn2)n1. The Morgan fingerprint density at radius 2 is 1.85 bits per heavy atom. The van der Waals surface area contributed by atoms with Gasteiger partial charge in [0.05, 0.1) is 17.2 Å². The zero-order valence-electron chi connectivity index (χ0n) is 18.0. The van der Waals surface area contributed by atoms with Crippen molar-refractivity contribution in [3.8, 4) is 23.2 Å². The first kappa shape index (κ1) is 21.0. The zero-order chi connectivity index (χ0) is 23.0. The monoisotopic (exact) mass is 463 g/mol. The first-order valence-electron chi connectivity index (χ1n) is 10.3. The van der Waals surface area contributed by atoms with E-state index in [0.29, 0.717) is 36.2 Å². The highest BCUT2D eigenvalue weighted by Gasteiger charge is 2.19. The highest BCUT2D eigenvalue weighted by Crippen LogP contribution is 2.29. The molecule has 0 aliphatic carbocycles. The van der Waals surface area contributed by atoms with E-state index < -0.39 is 10.0 Å². The molecule has 1 aliphatic heterocycles. The summed E-state index contributed by atoms with van der Waals surface area (Å²) >= 11 is 0. The van der Waals surface area contributed by atoms with Crippen LogP contribution in [0.3, 0.4) is 0 Å². The number of sulfonamides is 1. The number of rotatable bonds is 6. The molecule has 1 aliphatic rings. The fourth-order valence-corrected chi connectivity index (χ4v) is 4.73. The Morgan fingerprint density at radius 1 is 1.03 bits per heavy atom. The van der Waals surface area contributed by atoms with Crippen molar-refractivity contribution in [3.05, 3.63) is 77.9 Å². The van der Waals surface area contributed by atoms with Gasteiger partial charge in [-0.1, -0.05) is 0 Å². The number of nitrogens with one attached hydrogen (secondary N) is 1. The molecule has 1 N–H and O–H groups in total. The molecule has 0 saturated carbocycles. The van der Waals surface area contributed by atoms with Crippen LogP contribution in [0, 0.1) is 13.8 Å². The number of fused-ring (bicyclic) bond motifs is 1. The fourth-order valence-electron chi connectivity index (χ4n) is 3.62. The van der Waals surface area contributed by atoms with E-state index in [9.17, 15) is 8.42 Å². The molecule has 2 aromatic carbocycles. The summed E-state index contributed by atoms with van der Waals surface area (Å²) in [6, 6.07) is 15.1. The van der Waals surface area contributed by atoms with Gasteiger partial charge in [-0.15, -0.1) is 0 Å². The van der Waals surface area contributed by atoms with Crippen LogP contribution >= 0.6 is 0 Å². The van der Waals surface area contributed by atoms with Crippen LogP contribution in [-0.2, 0) is 16.4 Å². The van der Waals surface area contributed by atoms with Crippen molar-refractivity contribution in [2.75, 3.05) is 11.3 Å². The van der Waals surface area contributed by atoms with Gasteiger partial charge in [-0.05, 0) is 67.9 Å². The van der Waals surface area contributed by atoms with Gasteiger partial charge in [0.15, 0.2) is 5.82 Å². The van der Waals surface area contributed by atoms with Crippen molar-refractivity contribution < 1.29 is 17.9 Å². The van der Waals surface area contributed by atoms with Crippen molar-refractivity contribution in [1.29, 1.82) is 0 Å². The molecule has 0 amide bonds. The van der Waals surface area contributed by atoms with Crippen LogP contribution in [0.15, 0.2) is 65.8 Å². The Morgan fingerprint density at radius 3 is 2.61 bits per heavy atom. The summed E-state index contributed by atoms with van der Waals surface area (Å²) in [6.45, 7) is 4.43. The first-order chi connectivity index (χ1) is 15.9. The lowest BCUT2D eigenvalue weighted by Gasteiger charge is -2.10. The van der Waals surface area contributed by atoms with Gasteiger partial charge in [0, 0.05) is 23.9 Å². The van der Waals surface area contributed by atoms with Gasteiger partial charge in [-0.25, -0.2) is 23.1 Å². The molecule has 0 unspecified atom stereocenters. The van der Waals surface area contributed by atoms with E-state index in [4.69, 9.17) is 9.47 Å². The molecule has 0 fully saturated rings. The largest absolute Gasteiger partial charge is 0.493 e. The van der Waals surface area contributed by atoms with Crippen molar-refractivity contribution >= 4 is 15.7 Å². The Labute approximate surface area is 191 Å². The molecule has 0 spiro atoms. The standard InChI is InChI=1S/C23H21N5O4S/c1-15-11-16(2)28(26-15)22-13-23(25-14-24-22)32-19-5-3-18(4-6-19)27-33(29,30)20-7-8-21-17(12-20)9-10-31-21/h3-8,11-14,27H,9-10H2,1-2H3. The number of aryl methyl sites for hydroxylation is 2. The van der Waals surface area contributed by atoms with Crippen LogP contribution in [0.1, 0.15) is 17.0 Å². The summed E-state index contributed by atoms with van der Waals surface area (Å²) in [5.74, 6) is 2.18. The van der Waals surface area contributed by atoms with Gasteiger partial charge in [-0.2, -0.15) is 5.10 Å². The Balaban J connectivity index is 1.30. The van der Waals surface area contributed by atoms with E-state index in [0.717, 1.165) is 22.7 Å². The topological polar surface area (TPSA) is 108 Å². The molecule has 0 radical (unpaired) electrons. The third-order valence-electron chi connectivity index (χ3n) is 5.15. The van der Waals surface area contributed by atoms with Crippen molar-refractivity contribution in [2.45, 2.75) is 25.2 Å². The lowest BCUT2D eigenvalue weighted by atomic mass is 10.2. The predicted molar refractivity (Wildman–Crippen MR) is 122 cm³/mol. The van der Waals surface area contributed by atoms with E-state index in [1.54, 1.807) is 53.2 Å². The molecule has 2 aromatic heterocycles. The highest BCUT2D eigenvalue weighted by atomic mass is 32.2. The normalized spacial score (nSPS) is 12.8. The minimum atomic E-state index is -3.72. The van der Waals surface area contributed by atoms with E-state index in [-0.39, 0.29) is 4.90 Å². The maximum Gasteiger partial charge on any atom is 0.261 e. The smallest absolute Gasteiger partial charge is 0.261 e. The molecule has 0 atom stereocenters. The van der Waals surface area contributed by atoms with Crippen LogP contribution in [-0.4, -0.2) is 34.8 Å². The Kier molecular flexibility index (Phi) is 5.21. The molecular formula is C23H21N5O4S. The quantitative estimate of drug-likeness (QED) is 0.463. The molecule has 0 saturated heterocycles. The summed E-state index contributed by atoms with van der Waals surface area (Å²) in [6.07, 6.45) is 2.11. The summed E-state index contributed by atoms with van der Waals surface area (Å²) in [4.78, 5) is 8.60. The third-order valence-corrected chi connectivity index (χ3v) is 6.53. The second kappa shape index (κ2) is 8.21. The van der Waals surface area contributed by atoms with E-state index >= 15 is 0 Å². The lowest BCUT2D eigenvalue weighted by molar-refractivity contribution is 0.356. The molecule has 10 heteroatoms. The highest BCUT2D eigenvalue weighted by molar-refractivity contribution is 7.92. The van der Waals surface area contributed by atoms with E-state index in [1.165, 1.54) is 6.33 Å². The van der Waals surface area contributed by atoms with Crippen LogP contribution < -0.4 is 14.2 Å². The summed E-state index contributed by atoms with van der Waals surface area (Å²) in [7, 11) is -3.72. The van der Waals surface area contributed by atoms with Gasteiger partial charge in [0.2, 0.25) is 5.88 Å². The number of ether oxygens (including phenoxy) is 2. The Bertz CT molecular complexity index is 1430. The van der Waals surface area contributed by atoms with Crippen LogP contribution in [0.4, 0.5) is 5.69 Å². The van der Waals surface area contributed by atoms with Crippen molar-refractivity contribution in [3.63, 3.8) is 0 Å². The average molecular weight is 464 g/mol.